The number of nitrogens with zero attached hydrogens (tertiary/aromatic N) is 2. The molecule has 2 heterocycles. The molecule has 6 heteroatoms. The fourth-order valence-corrected chi connectivity index (χ4v) is 4.04. The number of halogens is 1. The van der Waals surface area contributed by atoms with Crippen LogP contribution in [0, 0.1) is 5.92 Å². The first kappa shape index (κ1) is 22.7. The number of nitrogens with one attached hydrogen (secondary N) is 2. The number of aliphatic imine (C=N–C) groups is 1. The van der Waals surface area contributed by atoms with Gasteiger partial charge in [-0.2, -0.15) is 0 Å². The van der Waals surface area contributed by atoms with Crippen molar-refractivity contribution in [3.05, 3.63) is 22.4 Å². The first-order valence-corrected chi connectivity index (χ1v) is 10.2. The van der Waals surface area contributed by atoms with E-state index in [-0.39, 0.29) is 29.4 Å². The molecular formula is C19H35IN4S. The van der Waals surface area contributed by atoms with E-state index in [0.717, 1.165) is 31.5 Å². The number of likely N-dealkylation sites (tertiary alicyclic amines) is 1. The largest absolute Gasteiger partial charge is 0.357 e. The number of guanidine groups is 1. The standard InChI is InChI=1S/C19H34N4S.HI/c1-5-10-23-11-9-16(14-23)13-21-18(20-6-2)22-15-19(3,4)17-8-7-12-24-17;/h7-8,12,16H,5-6,9-11,13-15H2,1-4H3,(H2,20,21,22);1H. The van der Waals surface area contributed by atoms with E-state index < -0.39 is 0 Å². The summed E-state index contributed by atoms with van der Waals surface area (Å²) in [5, 5.41) is 9.09. The molecule has 0 bridgehead atoms. The lowest BCUT2D eigenvalue weighted by Gasteiger charge is -2.22. The molecule has 0 aliphatic carbocycles. The maximum atomic E-state index is 4.84. The SMILES string of the molecule is CCCN1CCC(CNC(=NCC(C)(C)c2cccs2)NCC)C1.I. The molecule has 0 spiro atoms. The van der Waals surface area contributed by atoms with Crippen molar-refractivity contribution in [1.29, 1.82) is 0 Å². The Morgan fingerprint density at radius 2 is 2.16 bits per heavy atom. The van der Waals surface area contributed by atoms with Crippen LogP contribution in [0.15, 0.2) is 22.5 Å². The average Bonchev–Trinajstić information content (AvgIpc) is 3.22. The quantitative estimate of drug-likeness (QED) is 0.338. The van der Waals surface area contributed by atoms with Crippen molar-refractivity contribution in [2.45, 2.75) is 46.0 Å². The van der Waals surface area contributed by atoms with Crippen LogP contribution in [-0.4, -0.2) is 50.1 Å². The van der Waals surface area contributed by atoms with Gasteiger partial charge in [-0.1, -0.05) is 26.8 Å². The lowest BCUT2D eigenvalue weighted by atomic mass is 9.92. The van der Waals surface area contributed by atoms with Crippen LogP contribution in [0.2, 0.25) is 0 Å². The van der Waals surface area contributed by atoms with E-state index in [0.29, 0.717) is 0 Å². The van der Waals surface area contributed by atoms with Crippen molar-refractivity contribution >= 4 is 41.3 Å². The molecule has 0 amide bonds. The first-order valence-electron chi connectivity index (χ1n) is 9.33. The second-order valence-electron chi connectivity index (χ2n) is 7.39. The van der Waals surface area contributed by atoms with Crippen LogP contribution in [0.1, 0.15) is 45.4 Å². The molecule has 144 valence electrons. The van der Waals surface area contributed by atoms with E-state index in [9.17, 15) is 0 Å². The molecule has 0 aromatic carbocycles. The number of rotatable bonds is 8. The average molecular weight is 478 g/mol. The van der Waals surface area contributed by atoms with Crippen molar-refractivity contribution in [3.8, 4) is 0 Å². The molecule has 1 atom stereocenters. The van der Waals surface area contributed by atoms with E-state index in [1.807, 2.05) is 11.3 Å². The fourth-order valence-electron chi connectivity index (χ4n) is 3.20. The van der Waals surface area contributed by atoms with Gasteiger partial charge in [0.05, 0.1) is 6.54 Å². The van der Waals surface area contributed by atoms with Crippen molar-refractivity contribution in [3.63, 3.8) is 0 Å². The summed E-state index contributed by atoms with van der Waals surface area (Å²) in [6.45, 7) is 15.4. The zero-order valence-electron chi connectivity index (χ0n) is 16.2. The van der Waals surface area contributed by atoms with Crippen molar-refractivity contribution in [1.82, 2.24) is 15.5 Å². The van der Waals surface area contributed by atoms with Gasteiger partial charge >= 0.3 is 0 Å². The Hall–Kier alpha value is -0.340. The highest BCUT2D eigenvalue weighted by molar-refractivity contribution is 14.0. The fraction of sp³-hybridized carbons (Fsp3) is 0.737. The summed E-state index contributed by atoms with van der Waals surface area (Å²) in [5.74, 6) is 1.70. The summed E-state index contributed by atoms with van der Waals surface area (Å²) in [4.78, 5) is 8.82. The van der Waals surface area contributed by atoms with Crippen LogP contribution >= 0.6 is 35.3 Å². The molecule has 4 nitrogen and oxygen atoms in total. The Labute approximate surface area is 174 Å². The third kappa shape index (κ3) is 7.43. The van der Waals surface area contributed by atoms with Crippen LogP contribution in [0.3, 0.4) is 0 Å². The van der Waals surface area contributed by atoms with Gasteiger partial charge in [0, 0.05) is 29.9 Å². The Morgan fingerprint density at radius 1 is 1.36 bits per heavy atom. The highest BCUT2D eigenvalue weighted by Crippen LogP contribution is 2.27. The summed E-state index contributed by atoms with van der Waals surface area (Å²) in [5.41, 5.74) is 0.0851. The van der Waals surface area contributed by atoms with Gasteiger partial charge in [-0.05, 0) is 50.2 Å². The zero-order valence-corrected chi connectivity index (χ0v) is 19.3. The summed E-state index contributed by atoms with van der Waals surface area (Å²) in [7, 11) is 0. The number of thiophene rings is 1. The molecule has 1 aliphatic rings. The third-order valence-corrected chi connectivity index (χ3v) is 5.87. The van der Waals surface area contributed by atoms with Crippen LogP contribution in [-0.2, 0) is 5.41 Å². The topological polar surface area (TPSA) is 39.7 Å². The predicted molar refractivity (Wildman–Crippen MR) is 122 cm³/mol. The van der Waals surface area contributed by atoms with Crippen LogP contribution in [0.4, 0.5) is 0 Å². The zero-order chi connectivity index (χ0) is 17.4. The molecule has 1 fully saturated rings. The van der Waals surface area contributed by atoms with Gasteiger partial charge < -0.3 is 15.5 Å². The predicted octanol–water partition coefficient (Wildman–Crippen LogP) is 3.93. The lowest BCUT2D eigenvalue weighted by molar-refractivity contribution is 0.324. The number of hydrogen-bond donors (Lipinski definition) is 2. The molecule has 0 saturated carbocycles. The summed E-state index contributed by atoms with van der Waals surface area (Å²) >= 11 is 1.82. The van der Waals surface area contributed by atoms with E-state index in [4.69, 9.17) is 4.99 Å². The van der Waals surface area contributed by atoms with Crippen molar-refractivity contribution in [2.75, 3.05) is 39.3 Å². The molecule has 2 N–H and O–H groups in total. The molecule has 1 saturated heterocycles. The molecule has 2 rings (SSSR count). The number of hydrogen-bond acceptors (Lipinski definition) is 3. The van der Waals surface area contributed by atoms with Crippen molar-refractivity contribution < 1.29 is 0 Å². The van der Waals surface area contributed by atoms with Crippen LogP contribution in [0.25, 0.3) is 0 Å². The lowest BCUT2D eigenvalue weighted by Crippen LogP contribution is -2.41. The monoisotopic (exact) mass is 478 g/mol. The van der Waals surface area contributed by atoms with Crippen LogP contribution < -0.4 is 10.6 Å². The highest BCUT2D eigenvalue weighted by Gasteiger charge is 2.23. The molecule has 1 unspecified atom stereocenters. The highest BCUT2D eigenvalue weighted by atomic mass is 127. The maximum absolute atomic E-state index is 4.84. The van der Waals surface area contributed by atoms with Crippen molar-refractivity contribution in [2.24, 2.45) is 10.9 Å². The minimum Gasteiger partial charge on any atom is -0.357 e. The van der Waals surface area contributed by atoms with Gasteiger partial charge in [-0.15, -0.1) is 35.3 Å². The summed E-state index contributed by atoms with van der Waals surface area (Å²) in [6, 6.07) is 4.33. The molecule has 0 radical (unpaired) electrons. The Bertz CT molecular complexity index is 502. The van der Waals surface area contributed by atoms with Crippen LogP contribution in [0.5, 0.6) is 0 Å². The Balaban J connectivity index is 0.00000312. The first-order chi connectivity index (χ1) is 11.5. The molecule has 25 heavy (non-hydrogen) atoms. The Morgan fingerprint density at radius 3 is 2.80 bits per heavy atom. The summed E-state index contributed by atoms with van der Waals surface area (Å²) < 4.78 is 0. The van der Waals surface area contributed by atoms with Gasteiger partial charge in [-0.25, -0.2) is 0 Å². The van der Waals surface area contributed by atoms with Gasteiger partial charge in [0.2, 0.25) is 0 Å². The summed E-state index contributed by atoms with van der Waals surface area (Å²) in [6.07, 6.45) is 2.55. The van der Waals surface area contributed by atoms with E-state index in [2.05, 4.69) is 60.7 Å². The molecule has 1 aliphatic heterocycles. The molecular weight excluding hydrogens is 443 g/mol. The van der Waals surface area contributed by atoms with E-state index >= 15 is 0 Å². The minimum atomic E-state index is 0. The van der Waals surface area contributed by atoms with Gasteiger partial charge in [-0.3, -0.25) is 4.99 Å². The van der Waals surface area contributed by atoms with Gasteiger partial charge in [0.15, 0.2) is 5.96 Å². The second-order valence-corrected chi connectivity index (χ2v) is 8.34. The molecule has 1 aromatic heterocycles. The second kappa shape index (κ2) is 11.4. The third-order valence-electron chi connectivity index (χ3n) is 4.63. The van der Waals surface area contributed by atoms with Gasteiger partial charge in [0.25, 0.3) is 0 Å². The van der Waals surface area contributed by atoms with E-state index in [1.165, 1.54) is 37.4 Å². The van der Waals surface area contributed by atoms with Gasteiger partial charge in [0.1, 0.15) is 0 Å². The minimum absolute atomic E-state index is 0. The smallest absolute Gasteiger partial charge is 0.191 e. The maximum Gasteiger partial charge on any atom is 0.191 e. The molecule has 1 aromatic rings. The Kier molecular flexibility index (Phi) is 10.3. The van der Waals surface area contributed by atoms with E-state index in [1.54, 1.807) is 0 Å². The normalized spacial score (nSPS) is 18.9.